The van der Waals surface area contributed by atoms with Crippen molar-refractivity contribution in [1.29, 1.82) is 10.8 Å². The summed E-state index contributed by atoms with van der Waals surface area (Å²) in [6.07, 6.45) is 8.00. The number of nitrogens with zero attached hydrogens (tertiary/aromatic N) is 1. The van der Waals surface area contributed by atoms with Crippen molar-refractivity contribution in [3.05, 3.63) is 119 Å². The Morgan fingerprint density at radius 2 is 1.57 bits per heavy atom. The molecule has 1 unspecified atom stereocenters. The van der Waals surface area contributed by atoms with E-state index < -0.39 is 23.8 Å². The summed E-state index contributed by atoms with van der Waals surface area (Å²) in [5.41, 5.74) is 5.49. The van der Waals surface area contributed by atoms with Crippen LogP contribution in [0.5, 0.6) is 5.75 Å². The Morgan fingerprint density at radius 1 is 0.955 bits per heavy atom. The van der Waals surface area contributed by atoms with Crippen molar-refractivity contribution in [1.82, 2.24) is 0 Å². The van der Waals surface area contributed by atoms with Gasteiger partial charge in [-0.15, -0.1) is 0 Å². The van der Waals surface area contributed by atoms with E-state index in [2.05, 4.69) is 70.8 Å². The summed E-state index contributed by atoms with van der Waals surface area (Å²) in [5.74, 6) is -2.33. The number of aliphatic hydroxyl groups is 1. The molecule has 1 radical (unpaired) electrons. The van der Waals surface area contributed by atoms with Gasteiger partial charge in [0.1, 0.15) is 5.75 Å². The van der Waals surface area contributed by atoms with Crippen LogP contribution >= 0.6 is 0 Å². The van der Waals surface area contributed by atoms with Crippen LogP contribution in [0.4, 0.5) is 5.69 Å². The molecule has 1 heterocycles. The second-order valence-corrected chi connectivity index (χ2v) is 9.99. The fourth-order valence-corrected chi connectivity index (χ4v) is 5.14. The second kappa shape index (κ2) is 16.2. The third-order valence-electron chi connectivity index (χ3n) is 7.34. The average Bonchev–Trinajstić information content (AvgIpc) is 3.22. The molecule has 4 rings (SSSR count). The maximum absolute atomic E-state index is 11.5. The molecule has 1 aliphatic rings. The Balaban J connectivity index is 0.000000317. The van der Waals surface area contributed by atoms with Crippen LogP contribution < -0.4 is 9.64 Å². The van der Waals surface area contributed by atoms with Crippen molar-refractivity contribution in [3.8, 4) is 5.75 Å². The van der Waals surface area contributed by atoms with Crippen molar-refractivity contribution >= 4 is 29.7 Å². The van der Waals surface area contributed by atoms with Gasteiger partial charge in [-0.1, -0.05) is 48.5 Å². The molecule has 233 valence electrons. The predicted octanol–water partition coefficient (Wildman–Crippen LogP) is 5.73. The fourth-order valence-electron chi connectivity index (χ4n) is 5.14. The van der Waals surface area contributed by atoms with E-state index in [4.69, 9.17) is 20.7 Å². The normalized spacial score (nSPS) is 16.0. The monoisotopic (exact) mass is 642 g/mol. The standard InChI is InChI=1S/C22H24N2O.C12H13NO5.Co/c1-22(16-17-9-5-4-6-10-17)19-15-18(25-3)12-13-20(19)24(2)21(22)11-7-8-14-23;1-17-11(15)9(12(16)18-2)7-3-5-8(6-4-7)10(13)14;/h4-15,23H,16H2,1-3H3;3-6,9H,1-2H3,(H2,13,14);/b8-7+,21-11-,23-14?;;. The molecule has 0 bridgehead atoms. The van der Waals surface area contributed by atoms with Gasteiger partial charge < -0.3 is 29.6 Å². The number of methoxy groups -OCH3 is 3. The van der Waals surface area contributed by atoms with Gasteiger partial charge in [0.15, 0.2) is 5.92 Å². The van der Waals surface area contributed by atoms with Crippen LogP contribution in [0.2, 0.25) is 0 Å². The van der Waals surface area contributed by atoms with E-state index >= 15 is 0 Å². The number of benzene rings is 3. The molecule has 1 aliphatic heterocycles. The summed E-state index contributed by atoms with van der Waals surface area (Å²) in [6, 6.07) is 22.6. The molecule has 9 nitrogen and oxygen atoms in total. The van der Waals surface area contributed by atoms with E-state index in [1.165, 1.54) is 67.2 Å². The van der Waals surface area contributed by atoms with Gasteiger partial charge >= 0.3 is 11.9 Å². The van der Waals surface area contributed by atoms with Crippen LogP contribution in [0.3, 0.4) is 0 Å². The molecule has 1 atom stereocenters. The zero-order valence-corrected chi connectivity index (χ0v) is 26.3. The number of hydrogen-bond donors (Lipinski definition) is 3. The van der Waals surface area contributed by atoms with Gasteiger partial charge in [-0.25, -0.2) is 0 Å². The largest absolute Gasteiger partial charge is 0.497 e. The zero-order chi connectivity index (χ0) is 31.6. The Labute approximate surface area is 268 Å². The van der Waals surface area contributed by atoms with E-state index in [1.54, 1.807) is 13.2 Å². The summed E-state index contributed by atoms with van der Waals surface area (Å²) < 4.78 is 14.5. The average molecular weight is 643 g/mol. The number of nitrogens with one attached hydrogen (secondary N) is 2. The second-order valence-electron chi connectivity index (χ2n) is 9.99. The van der Waals surface area contributed by atoms with E-state index in [0.717, 1.165) is 12.2 Å². The maximum Gasteiger partial charge on any atom is 0.324 e. The van der Waals surface area contributed by atoms with Gasteiger partial charge in [0.05, 0.1) is 21.3 Å². The Hall–Kier alpha value is -4.67. The number of likely N-dealkylation sites (N-methyl/N-ethyl adjacent to an activating group) is 1. The summed E-state index contributed by atoms with van der Waals surface area (Å²) in [6.45, 7) is 2.28. The number of rotatable bonds is 9. The first-order chi connectivity index (χ1) is 20.6. The van der Waals surface area contributed by atoms with Crippen molar-refractivity contribution in [2.24, 2.45) is 0 Å². The Bertz CT molecular complexity index is 1510. The number of hydrogen-bond acceptors (Lipinski definition) is 8. The molecule has 3 aromatic carbocycles. The number of esters is 2. The number of allylic oxidation sites excluding steroid dienone is 4. The topological polar surface area (TPSA) is 133 Å². The first-order valence-electron chi connectivity index (χ1n) is 13.5. The van der Waals surface area contributed by atoms with Crippen LogP contribution in [0.15, 0.2) is 96.7 Å². The predicted molar refractivity (Wildman–Crippen MR) is 168 cm³/mol. The molecular weight excluding hydrogens is 605 g/mol. The minimum absolute atomic E-state index is 0. The molecule has 0 amide bonds. The van der Waals surface area contributed by atoms with Crippen molar-refractivity contribution in [2.45, 2.75) is 24.7 Å². The first kappa shape index (κ1) is 35.5. The number of carbonyl (C=O) groups is 2. The number of fused-ring (bicyclic) bond motifs is 1. The van der Waals surface area contributed by atoms with Crippen molar-refractivity contribution < 1.29 is 45.7 Å². The van der Waals surface area contributed by atoms with Gasteiger partial charge in [0, 0.05) is 52.4 Å². The quantitative estimate of drug-likeness (QED) is 0.118. The Morgan fingerprint density at radius 3 is 2.09 bits per heavy atom. The first-order valence-corrected chi connectivity index (χ1v) is 13.5. The van der Waals surface area contributed by atoms with Crippen LogP contribution in [-0.4, -0.2) is 57.5 Å². The van der Waals surface area contributed by atoms with Gasteiger partial charge in [-0.05, 0) is 72.5 Å². The minimum Gasteiger partial charge on any atom is -0.497 e. The van der Waals surface area contributed by atoms with Gasteiger partial charge in [0.25, 0.3) is 0 Å². The molecule has 10 heteroatoms. The van der Waals surface area contributed by atoms with Gasteiger partial charge in [-0.3, -0.25) is 15.0 Å². The number of carbonyl (C=O) groups excluding carboxylic acids is 2. The van der Waals surface area contributed by atoms with Crippen LogP contribution in [0.25, 0.3) is 0 Å². The molecule has 44 heavy (non-hydrogen) atoms. The fraction of sp³-hybridized carbons (Fsp3) is 0.235. The van der Waals surface area contributed by atoms with E-state index in [0.29, 0.717) is 5.56 Å². The summed E-state index contributed by atoms with van der Waals surface area (Å²) in [7, 11) is 6.16. The number of anilines is 1. The summed E-state index contributed by atoms with van der Waals surface area (Å²) >= 11 is 0. The third kappa shape index (κ3) is 8.03. The van der Waals surface area contributed by atoms with E-state index in [-0.39, 0.29) is 27.8 Å². The smallest absolute Gasteiger partial charge is 0.324 e. The Kier molecular flexibility index (Phi) is 13.1. The molecule has 0 saturated heterocycles. The maximum atomic E-state index is 11.5. The third-order valence-corrected chi connectivity index (χ3v) is 7.34. The minimum atomic E-state index is -1.16. The summed E-state index contributed by atoms with van der Waals surface area (Å²) in [4.78, 5) is 25.3. The number of aliphatic hydroxyl groups excluding tert-OH is 1. The van der Waals surface area contributed by atoms with Crippen LogP contribution in [0, 0.1) is 10.8 Å². The van der Waals surface area contributed by atoms with Crippen LogP contribution in [-0.2, 0) is 47.7 Å². The SMILES string of the molecule is COC(=O)C(C(=O)OC)c1ccc(C(=N)O)cc1.COc1ccc2c(c1)C(C)(Cc1ccccc1)/C(=C/C=C/C=N)N2C.[Co]. The molecule has 0 aliphatic carbocycles. The molecule has 0 fully saturated rings. The molecule has 3 N–H and O–H groups in total. The summed E-state index contributed by atoms with van der Waals surface area (Å²) in [5, 5.41) is 23.2. The van der Waals surface area contributed by atoms with E-state index in [9.17, 15) is 9.59 Å². The van der Waals surface area contributed by atoms with Gasteiger partial charge in [-0.2, -0.15) is 0 Å². The molecule has 3 aromatic rings. The van der Waals surface area contributed by atoms with Crippen molar-refractivity contribution in [2.75, 3.05) is 33.3 Å². The van der Waals surface area contributed by atoms with Crippen molar-refractivity contribution in [3.63, 3.8) is 0 Å². The zero-order valence-electron chi connectivity index (χ0n) is 25.3. The molecule has 0 spiro atoms. The van der Waals surface area contributed by atoms with E-state index in [1.807, 2.05) is 18.2 Å². The molecule has 0 aromatic heterocycles. The number of ether oxygens (including phenoxy) is 3. The van der Waals surface area contributed by atoms with Gasteiger partial charge in [0.2, 0.25) is 5.90 Å². The molecule has 0 saturated carbocycles. The molecular formula is C34H37CoN3O6. The van der Waals surface area contributed by atoms with Crippen LogP contribution in [0.1, 0.15) is 35.1 Å².